The van der Waals surface area contributed by atoms with E-state index in [1.54, 1.807) is 13.0 Å². The Kier molecular flexibility index (Phi) is 4.30. The van der Waals surface area contributed by atoms with Gasteiger partial charge < -0.3 is 24.8 Å². The molecule has 1 aromatic carbocycles. The van der Waals surface area contributed by atoms with Gasteiger partial charge in [-0.1, -0.05) is 11.6 Å². The van der Waals surface area contributed by atoms with Gasteiger partial charge in [-0.05, 0) is 13.3 Å². The van der Waals surface area contributed by atoms with E-state index in [4.69, 9.17) is 14.6 Å². The molecule has 0 radical (unpaired) electrons. The minimum absolute atomic E-state index is 0.0334. The molecule has 0 bridgehead atoms. The quantitative estimate of drug-likeness (QED) is 0.630. The monoisotopic (exact) mass is 292 g/mol. The number of aromatic hydroxyl groups is 2. The minimum Gasteiger partial charge on any atom is -0.507 e. The summed E-state index contributed by atoms with van der Waals surface area (Å²) in [6.45, 7) is 1.13. The molecule has 0 saturated heterocycles. The third-order valence-corrected chi connectivity index (χ3v) is 3.17. The number of benzene rings is 1. The Bertz CT molecular complexity index is 757. The number of phenolic OH excluding ortho intramolecular Hbond substituents is 2. The topological polar surface area (TPSA) is 111 Å². The molecule has 112 valence electrons. The van der Waals surface area contributed by atoms with Crippen molar-refractivity contribution >= 4 is 11.0 Å². The van der Waals surface area contributed by atoms with Crippen molar-refractivity contribution in [2.24, 2.45) is 0 Å². The van der Waals surface area contributed by atoms with Crippen LogP contribution in [0, 0.1) is 0 Å². The normalized spacial score (nSPS) is 12.0. The lowest BCUT2D eigenvalue weighted by Crippen LogP contribution is -2.04. The summed E-state index contributed by atoms with van der Waals surface area (Å²) in [4.78, 5) is 12.0. The summed E-state index contributed by atoms with van der Waals surface area (Å²) in [6, 6.07) is 2.17. The first kappa shape index (κ1) is 15.1. The Hall–Kier alpha value is -2.31. The van der Waals surface area contributed by atoms with Crippen LogP contribution in [-0.4, -0.2) is 27.0 Å². The van der Waals surface area contributed by atoms with Gasteiger partial charge >= 0.3 is 0 Å². The van der Waals surface area contributed by atoms with Gasteiger partial charge in [-0.25, -0.2) is 0 Å². The van der Waals surface area contributed by atoms with E-state index in [2.05, 4.69) is 0 Å². The highest BCUT2D eigenvalue weighted by atomic mass is 16.4. The third kappa shape index (κ3) is 2.91. The van der Waals surface area contributed by atoms with Crippen LogP contribution in [0.3, 0.4) is 0 Å². The number of rotatable bonds is 4. The molecule has 0 atom stereocenters. The molecule has 2 rings (SSSR count). The largest absolute Gasteiger partial charge is 0.507 e. The Balaban J connectivity index is 2.74. The summed E-state index contributed by atoms with van der Waals surface area (Å²) >= 11 is 0. The Morgan fingerprint density at radius 3 is 2.57 bits per heavy atom. The van der Waals surface area contributed by atoms with Gasteiger partial charge in [-0.3, -0.25) is 4.79 Å². The van der Waals surface area contributed by atoms with E-state index in [1.807, 2.05) is 0 Å². The Morgan fingerprint density at radius 1 is 1.24 bits per heavy atom. The van der Waals surface area contributed by atoms with Crippen LogP contribution < -0.4 is 5.43 Å². The molecule has 0 unspecified atom stereocenters. The van der Waals surface area contributed by atoms with Gasteiger partial charge in [0.05, 0.1) is 6.61 Å². The predicted molar refractivity (Wildman–Crippen MR) is 76.3 cm³/mol. The average molecular weight is 292 g/mol. The molecule has 0 spiro atoms. The summed E-state index contributed by atoms with van der Waals surface area (Å²) in [6.07, 6.45) is 1.89. The van der Waals surface area contributed by atoms with E-state index >= 15 is 0 Å². The van der Waals surface area contributed by atoms with Gasteiger partial charge in [0.2, 0.25) is 0 Å². The highest BCUT2D eigenvalue weighted by Crippen LogP contribution is 2.33. The van der Waals surface area contributed by atoms with E-state index < -0.39 is 12.0 Å². The van der Waals surface area contributed by atoms with Crippen molar-refractivity contribution in [2.45, 2.75) is 20.0 Å². The summed E-state index contributed by atoms with van der Waals surface area (Å²) in [5, 5.41) is 37.8. The minimum atomic E-state index is -0.498. The van der Waals surface area contributed by atoms with Crippen LogP contribution in [0.5, 0.6) is 11.5 Å². The maximum Gasteiger partial charge on any atom is 0.196 e. The van der Waals surface area contributed by atoms with Crippen molar-refractivity contribution in [3.8, 4) is 11.5 Å². The molecule has 0 amide bonds. The first-order chi connectivity index (χ1) is 9.97. The van der Waals surface area contributed by atoms with Crippen LogP contribution >= 0.6 is 0 Å². The van der Waals surface area contributed by atoms with Crippen LogP contribution in [0.4, 0.5) is 0 Å². The first-order valence-corrected chi connectivity index (χ1v) is 6.35. The van der Waals surface area contributed by atoms with Gasteiger partial charge in [0, 0.05) is 17.7 Å². The summed E-state index contributed by atoms with van der Waals surface area (Å²) in [7, 11) is 0. The van der Waals surface area contributed by atoms with Gasteiger partial charge in [-0.2, -0.15) is 0 Å². The second-order valence-electron chi connectivity index (χ2n) is 4.75. The molecule has 21 heavy (non-hydrogen) atoms. The average Bonchev–Trinajstić information content (AvgIpc) is 2.45. The highest BCUT2D eigenvalue weighted by Gasteiger charge is 2.16. The van der Waals surface area contributed by atoms with Crippen molar-refractivity contribution in [3.63, 3.8) is 0 Å². The number of fused-ring (bicyclic) bond motifs is 1. The van der Waals surface area contributed by atoms with Gasteiger partial charge in [-0.15, -0.1) is 0 Å². The maximum absolute atomic E-state index is 12.0. The van der Waals surface area contributed by atoms with Gasteiger partial charge in [0.25, 0.3) is 0 Å². The SMILES string of the molecule is C/C(=C\Cc1c(O)cc(O)c2c(=O)cc(CO)oc12)CO. The molecular formula is C15H16O6. The third-order valence-electron chi connectivity index (χ3n) is 3.17. The summed E-state index contributed by atoms with van der Waals surface area (Å²) in [5.41, 5.74) is 0.534. The molecule has 2 aromatic rings. The van der Waals surface area contributed by atoms with Gasteiger partial charge in [0.15, 0.2) is 5.43 Å². The van der Waals surface area contributed by atoms with Crippen LogP contribution in [0.15, 0.2) is 33.0 Å². The number of phenols is 2. The second-order valence-corrected chi connectivity index (χ2v) is 4.75. The fourth-order valence-corrected chi connectivity index (χ4v) is 2.02. The molecule has 6 nitrogen and oxygen atoms in total. The van der Waals surface area contributed by atoms with Crippen LogP contribution in [0.1, 0.15) is 18.2 Å². The number of hydrogen-bond donors (Lipinski definition) is 4. The molecular weight excluding hydrogens is 276 g/mol. The van der Waals surface area contributed by atoms with Crippen LogP contribution in [0.2, 0.25) is 0 Å². The maximum atomic E-state index is 12.0. The van der Waals surface area contributed by atoms with Crippen LogP contribution in [0.25, 0.3) is 11.0 Å². The van der Waals surface area contributed by atoms with E-state index in [0.29, 0.717) is 11.1 Å². The molecule has 0 saturated carbocycles. The molecule has 0 aliphatic heterocycles. The zero-order valence-corrected chi connectivity index (χ0v) is 11.5. The molecule has 6 heteroatoms. The van der Waals surface area contributed by atoms with E-state index in [1.165, 1.54) is 0 Å². The van der Waals surface area contributed by atoms with E-state index in [9.17, 15) is 15.0 Å². The lowest BCUT2D eigenvalue weighted by atomic mass is 10.0. The summed E-state index contributed by atoms with van der Waals surface area (Å²) in [5.74, 6) is -0.561. The molecule has 1 heterocycles. The molecule has 1 aromatic heterocycles. The van der Waals surface area contributed by atoms with Gasteiger partial charge in [0.1, 0.15) is 34.8 Å². The first-order valence-electron chi connectivity index (χ1n) is 6.35. The fourth-order valence-electron chi connectivity index (χ4n) is 2.02. The lowest BCUT2D eigenvalue weighted by molar-refractivity contribution is 0.248. The lowest BCUT2D eigenvalue weighted by Gasteiger charge is -2.09. The van der Waals surface area contributed by atoms with Crippen molar-refractivity contribution in [2.75, 3.05) is 6.61 Å². The smallest absolute Gasteiger partial charge is 0.196 e. The molecule has 0 fully saturated rings. The zero-order valence-electron chi connectivity index (χ0n) is 11.5. The van der Waals surface area contributed by atoms with Crippen molar-refractivity contribution in [1.82, 2.24) is 0 Å². The number of aliphatic hydroxyl groups is 2. The fraction of sp³-hybridized carbons (Fsp3) is 0.267. The Labute approximate surface area is 120 Å². The summed E-state index contributed by atoms with van der Waals surface area (Å²) < 4.78 is 5.39. The standard InChI is InChI=1S/C15H16O6/c1-8(6-16)2-3-10-11(18)5-13(20)14-12(19)4-9(7-17)21-15(10)14/h2,4-5,16-18,20H,3,6-7H2,1H3/b8-2+. The Morgan fingerprint density at radius 2 is 1.95 bits per heavy atom. The van der Waals surface area contributed by atoms with E-state index in [0.717, 1.165) is 12.1 Å². The number of aliphatic hydroxyl groups excluding tert-OH is 2. The number of hydrogen-bond acceptors (Lipinski definition) is 6. The van der Waals surface area contributed by atoms with Crippen molar-refractivity contribution < 1.29 is 24.8 Å². The molecule has 0 aliphatic rings. The molecule has 0 aliphatic carbocycles. The van der Waals surface area contributed by atoms with Crippen molar-refractivity contribution in [3.05, 3.63) is 45.3 Å². The number of allylic oxidation sites excluding steroid dienone is 1. The predicted octanol–water partition coefficient (Wildman–Crippen LogP) is 1.18. The van der Waals surface area contributed by atoms with E-state index in [-0.39, 0.29) is 41.3 Å². The zero-order chi connectivity index (χ0) is 15.6. The van der Waals surface area contributed by atoms with Crippen LogP contribution in [-0.2, 0) is 13.0 Å². The molecule has 4 N–H and O–H groups in total. The highest BCUT2D eigenvalue weighted by molar-refractivity contribution is 5.88. The second kappa shape index (κ2) is 5.99. The van der Waals surface area contributed by atoms with Crippen molar-refractivity contribution in [1.29, 1.82) is 0 Å².